The average molecular weight is 435 g/mol. The van der Waals surface area contributed by atoms with Gasteiger partial charge >= 0.3 is 0 Å². The molecule has 3 rings (SSSR count). The van der Waals surface area contributed by atoms with E-state index in [1.165, 1.54) is 5.56 Å². The minimum absolute atomic E-state index is 0.0124. The fraction of sp³-hybridized carbons (Fsp3) is 0.609. The summed E-state index contributed by atoms with van der Waals surface area (Å²) in [6.07, 6.45) is 4.68. The van der Waals surface area contributed by atoms with Crippen molar-refractivity contribution in [2.24, 2.45) is 11.8 Å². The van der Waals surface area contributed by atoms with Crippen molar-refractivity contribution in [1.29, 1.82) is 0 Å². The Labute approximate surface area is 183 Å². The summed E-state index contributed by atoms with van der Waals surface area (Å²) < 4.78 is 5.29. The van der Waals surface area contributed by atoms with Gasteiger partial charge < -0.3 is 25.6 Å². The van der Waals surface area contributed by atoms with E-state index in [1.807, 2.05) is 18.2 Å². The van der Waals surface area contributed by atoms with Gasteiger partial charge in [0.15, 0.2) is 0 Å². The van der Waals surface area contributed by atoms with Crippen LogP contribution in [0.2, 0.25) is 0 Å². The average Bonchev–Trinajstić information content (AvgIpc) is 3.15. The molecule has 1 aliphatic heterocycles. The molecule has 0 bridgehead atoms. The molecule has 3 atom stereocenters. The van der Waals surface area contributed by atoms with Crippen LogP contribution in [0.25, 0.3) is 0 Å². The third-order valence-corrected chi connectivity index (χ3v) is 5.85. The number of hydrogen-bond acceptors (Lipinski definition) is 5. The Morgan fingerprint density at radius 3 is 2.39 bits per heavy atom. The molecular formula is C23H34N2O6. The van der Waals surface area contributed by atoms with Gasteiger partial charge in [0.1, 0.15) is 0 Å². The quantitative estimate of drug-likeness (QED) is 0.363. The SMILES string of the molecule is O=C(N[C@@H]1C[C@H](C(=O)NCCCCc2ccccc2)C[C@H]1O)C1CCOCC1.O=CO. The zero-order valence-electron chi connectivity index (χ0n) is 17.9. The van der Waals surface area contributed by atoms with Gasteiger partial charge in [-0.2, -0.15) is 0 Å². The minimum Gasteiger partial charge on any atom is -0.483 e. The van der Waals surface area contributed by atoms with E-state index in [0.717, 1.165) is 32.1 Å². The third-order valence-electron chi connectivity index (χ3n) is 5.85. The van der Waals surface area contributed by atoms with Crippen LogP contribution in [0.15, 0.2) is 30.3 Å². The van der Waals surface area contributed by atoms with Gasteiger partial charge in [-0.05, 0) is 50.5 Å². The Morgan fingerprint density at radius 1 is 1.03 bits per heavy atom. The molecule has 2 fully saturated rings. The summed E-state index contributed by atoms with van der Waals surface area (Å²) in [6, 6.07) is 10.0. The smallest absolute Gasteiger partial charge is 0.290 e. The van der Waals surface area contributed by atoms with Crippen LogP contribution >= 0.6 is 0 Å². The summed E-state index contributed by atoms with van der Waals surface area (Å²) in [5.74, 6) is -0.307. The first kappa shape index (κ1) is 24.8. The summed E-state index contributed by atoms with van der Waals surface area (Å²) in [4.78, 5) is 33.1. The molecule has 31 heavy (non-hydrogen) atoms. The normalized spacial score (nSPS) is 23.3. The first-order chi connectivity index (χ1) is 15.0. The van der Waals surface area contributed by atoms with Crippen molar-refractivity contribution >= 4 is 18.3 Å². The fourth-order valence-corrected chi connectivity index (χ4v) is 4.10. The highest BCUT2D eigenvalue weighted by Gasteiger charge is 2.38. The molecule has 0 spiro atoms. The number of carbonyl (C=O) groups excluding carboxylic acids is 2. The molecule has 2 aliphatic rings. The molecule has 8 heteroatoms. The number of carbonyl (C=O) groups is 3. The lowest BCUT2D eigenvalue weighted by molar-refractivity contribution is -0.129. The van der Waals surface area contributed by atoms with Crippen molar-refractivity contribution in [2.75, 3.05) is 19.8 Å². The monoisotopic (exact) mass is 434 g/mol. The first-order valence-electron chi connectivity index (χ1n) is 11.0. The lowest BCUT2D eigenvalue weighted by atomic mass is 9.98. The maximum atomic E-state index is 12.4. The molecule has 0 unspecified atom stereocenters. The van der Waals surface area contributed by atoms with Crippen LogP contribution in [-0.4, -0.2) is 60.4 Å². The van der Waals surface area contributed by atoms with Gasteiger partial charge in [-0.1, -0.05) is 30.3 Å². The van der Waals surface area contributed by atoms with E-state index >= 15 is 0 Å². The van der Waals surface area contributed by atoms with Gasteiger partial charge in [0.25, 0.3) is 6.47 Å². The Morgan fingerprint density at radius 2 is 1.71 bits per heavy atom. The van der Waals surface area contributed by atoms with Gasteiger partial charge in [0.05, 0.1) is 12.1 Å². The molecular weight excluding hydrogens is 400 g/mol. The van der Waals surface area contributed by atoms with Crippen molar-refractivity contribution in [3.05, 3.63) is 35.9 Å². The van der Waals surface area contributed by atoms with Crippen molar-refractivity contribution in [3.8, 4) is 0 Å². The molecule has 4 N–H and O–H groups in total. The van der Waals surface area contributed by atoms with E-state index in [2.05, 4.69) is 22.8 Å². The molecule has 1 saturated carbocycles. The number of nitrogens with one attached hydrogen (secondary N) is 2. The number of unbranched alkanes of at least 4 members (excludes halogenated alkanes) is 1. The minimum atomic E-state index is -0.655. The number of aliphatic hydroxyl groups is 1. The highest BCUT2D eigenvalue weighted by Crippen LogP contribution is 2.27. The standard InChI is InChI=1S/C22H32N2O4.CH2O2/c25-20-15-18(14-19(20)24-22(27)17-9-12-28-13-10-17)21(26)23-11-5-4-8-16-6-2-1-3-7-16;2-1-3/h1-3,6-7,17-20,25H,4-5,8-15H2,(H,23,26)(H,24,27);1H,(H,2,3)/t18-,19+,20+;/m0./s1. The Balaban J connectivity index is 0.00000107. The van der Waals surface area contributed by atoms with E-state index in [0.29, 0.717) is 32.6 Å². The van der Waals surface area contributed by atoms with Crippen molar-refractivity contribution in [3.63, 3.8) is 0 Å². The number of aliphatic hydroxyl groups excluding tert-OH is 1. The van der Waals surface area contributed by atoms with Gasteiger partial charge in [-0.3, -0.25) is 14.4 Å². The topological polar surface area (TPSA) is 125 Å². The maximum absolute atomic E-state index is 12.4. The number of benzene rings is 1. The van der Waals surface area contributed by atoms with Gasteiger partial charge in [0, 0.05) is 31.6 Å². The van der Waals surface area contributed by atoms with Crippen molar-refractivity contribution in [1.82, 2.24) is 10.6 Å². The summed E-state index contributed by atoms with van der Waals surface area (Å²) in [6.45, 7) is 1.62. The van der Waals surface area contributed by atoms with Gasteiger partial charge in [0.2, 0.25) is 11.8 Å². The molecule has 2 amide bonds. The second-order valence-corrected chi connectivity index (χ2v) is 8.08. The largest absolute Gasteiger partial charge is 0.483 e. The van der Waals surface area contributed by atoms with Crippen LogP contribution in [0, 0.1) is 11.8 Å². The van der Waals surface area contributed by atoms with Crippen LogP contribution in [-0.2, 0) is 25.5 Å². The number of hydrogen-bond donors (Lipinski definition) is 4. The second-order valence-electron chi connectivity index (χ2n) is 8.08. The molecule has 1 saturated heterocycles. The van der Waals surface area contributed by atoms with Crippen LogP contribution in [0.4, 0.5) is 0 Å². The highest BCUT2D eigenvalue weighted by atomic mass is 16.5. The lowest BCUT2D eigenvalue weighted by Gasteiger charge is -2.24. The van der Waals surface area contributed by atoms with Crippen molar-refractivity contribution < 1.29 is 29.3 Å². The number of carboxylic acid groups (broad SMARTS) is 1. The van der Waals surface area contributed by atoms with E-state index in [9.17, 15) is 14.7 Å². The maximum Gasteiger partial charge on any atom is 0.290 e. The van der Waals surface area contributed by atoms with E-state index in [1.54, 1.807) is 0 Å². The Kier molecular flexibility index (Phi) is 11.0. The van der Waals surface area contributed by atoms with Crippen LogP contribution in [0.3, 0.4) is 0 Å². The van der Waals surface area contributed by atoms with E-state index in [4.69, 9.17) is 14.6 Å². The molecule has 0 radical (unpaired) electrons. The second kappa shape index (κ2) is 13.8. The van der Waals surface area contributed by atoms with Crippen molar-refractivity contribution in [2.45, 2.75) is 57.1 Å². The Bertz CT molecular complexity index is 678. The molecule has 1 aromatic rings. The summed E-state index contributed by atoms with van der Waals surface area (Å²) in [5.41, 5.74) is 1.32. The number of amides is 2. The van der Waals surface area contributed by atoms with Gasteiger partial charge in [-0.25, -0.2) is 0 Å². The Hall–Kier alpha value is -2.45. The summed E-state index contributed by atoms with van der Waals surface area (Å²) in [7, 11) is 0. The lowest BCUT2D eigenvalue weighted by Crippen LogP contribution is -2.44. The molecule has 1 aliphatic carbocycles. The van der Waals surface area contributed by atoms with Gasteiger partial charge in [-0.15, -0.1) is 0 Å². The summed E-state index contributed by atoms with van der Waals surface area (Å²) >= 11 is 0. The van der Waals surface area contributed by atoms with Crippen LogP contribution in [0.1, 0.15) is 44.1 Å². The molecule has 0 aromatic heterocycles. The van der Waals surface area contributed by atoms with Crippen LogP contribution in [0.5, 0.6) is 0 Å². The predicted molar refractivity (Wildman–Crippen MR) is 115 cm³/mol. The number of rotatable bonds is 8. The summed E-state index contributed by atoms with van der Waals surface area (Å²) in [5, 5.41) is 23.1. The van der Waals surface area contributed by atoms with E-state index in [-0.39, 0.29) is 36.2 Å². The molecule has 8 nitrogen and oxygen atoms in total. The molecule has 1 aromatic carbocycles. The predicted octanol–water partition coefficient (Wildman–Crippen LogP) is 1.51. The third kappa shape index (κ3) is 8.67. The molecule has 172 valence electrons. The zero-order chi connectivity index (χ0) is 22.5. The zero-order valence-corrected chi connectivity index (χ0v) is 17.9. The van der Waals surface area contributed by atoms with E-state index < -0.39 is 6.10 Å². The highest BCUT2D eigenvalue weighted by molar-refractivity contribution is 5.81. The first-order valence-corrected chi connectivity index (χ1v) is 11.0. The molecule has 1 heterocycles. The van der Waals surface area contributed by atoms with Crippen LogP contribution < -0.4 is 10.6 Å². The number of aryl methyl sites for hydroxylation is 1. The fourth-order valence-electron chi connectivity index (χ4n) is 4.10. The number of ether oxygens (including phenoxy) is 1.